The number of carbonyl (C=O) groups is 1. The van der Waals surface area contributed by atoms with Gasteiger partial charge in [0.2, 0.25) is 0 Å². The van der Waals surface area contributed by atoms with Gasteiger partial charge in [0.25, 0.3) is 0 Å². The van der Waals surface area contributed by atoms with Crippen molar-refractivity contribution in [1.29, 1.82) is 0 Å². The summed E-state index contributed by atoms with van der Waals surface area (Å²) < 4.78 is 5.99. The number of nitrogens with zero attached hydrogens (tertiary/aromatic N) is 1. The number of H-pyrrole nitrogens is 1. The highest BCUT2D eigenvalue weighted by Gasteiger charge is 2.12. The van der Waals surface area contributed by atoms with Crippen LogP contribution in [-0.2, 0) is 4.74 Å². The third-order valence-corrected chi connectivity index (χ3v) is 3.66. The molecule has 1 heterocycles. The Balaban J connectivity index is 1.97. The molecule has 0 aliphatic heterocycles. The molecule has 106 valence electrons. The zero-order chi connectivity index (χ0) is 14.8. The van der Waals surface area contributed by atoms with Crippen molar-refractivity contribution in [2.24, 2.45) is 0 Å². The molecule has 0 saturated heterocycles. The monoisotopic (exact) mass is 344 g/mol. The largest absolute Gasteiger partial charge is 0.461 e. The molecule has 0 fully saturated rings. The van der Waals surface area contributed by atoms with Crippen LogP contribution in [-0.4, -0.2) is 22.8 Å². The fraction of sp³-hybridized carbons (Fsp3) is 0.125. The van der Waals surface area contributed by atoms with Gasteiger partial charge in [-0.15, -0.1) is 0 Å². The first-order valence-corrected chi connectivity index (χ1v) is 7.39. The van der Waals surface area contributed by atoms with Crippen molar-refractivity contribution in [2.45, 2.75) is 6.92 Å². The van der Waals surface area contributed by atoms with Crippen molar-refractivity contribution in [3.05, 3.63) is 52.6 Å². The van der Waals surface area contributed by atoms with Gasteiger partial charge >= 0.3 is 5.97 Å². The van der Waals surface area contributed by atoms with Crippen LogP contribution < -0.4 is 0 Å². The van der Waals surface area contributed by atoms with Crippen LogP contribution in [0.4, 0.5) is 0 Å². The first kappa shape index (κ1) is 13.8. The second kappa shape index (κ2) is 5.69. The van der Waals surface area contributed by atoms with E-state index in [2.05, 4.69) is 32.2 Å². The second-order valence-corrected chi connectivity index (χ2v) is 5.51. The van der Waals surface area contributed by atoms with Gasteiger partial charge in [0.05, 0.1) is 12.3 Å². The molecule has 21 heavy (non-hydrogen) atoms. The summed E-state index contributed by atoms with van der Waals surface area (Å²) in [5, 5.41) is 9.16. The van der Waals surface area contributed by atoms with Gasteiger partial charge in [-0.1, -0.05) is 34.1 Å². The van der Waals surface area contributed by atoms with Crippen LogP contribution in [0.2, 0.25) is 0 Å². The first-order valence-electron chi connectivity index (χ1n) is 6.59. The Morgan fingerprint density at radius 1 is 1.19 bits per heavy atom. The summed E-state index contributed by atoms with van der Waals surface area (Å²) >= 11 is 3.46. The highest BCUT2D eigenvalue weighted by molar-refractivity contribution is 9.10. The molecule has 0 unspecified atom stereocenters. The summed E-state index contributed by atoms with van der Waals surface area (Å²) in [6.07, 6.45) is 0. The molecule has 0 saturated carbocycles. The number of fused-ring (bicyclic) bond motifs is 1. The molecule has 0 bridgehead atoms. The average Bonchev–Trinajstić information content (AvgIpc) is 2.97. The molecule has 3 rings (SSSR count). The number of hydrogen-bond acceptors (Lipinski definition) is 3. The standard InChI is InChI=1S/C16H13BrN2O2/c1-2-21-16(20)15-9-14(18-19-15)12-4-3-11-8-13(17)6-5-10(11)7-12/h3-9H,2H2,1H3,(H,18,19). The van der Waals surface area contributed by atoms with E-state index >= 15 is 0 Å². The lowest BCUT2D eigenvalue weighted by atomic mass is 10.1. The van der Waals surface area contributed by atoms with Crippen LogP contribution in [0.3, 0.4) is 0 Å². The molecule has 0 aliphatic rings. The van der Waals surface area contributed by atoms with E-state index in [0.717, 1.165) is 26.5 Å². The zero-order valence-electron chi connectivity index (χ0n) is 11.4. The lowest BCUT2D eigenvalue weighted by Gasteiger charge is -2.01. The maximum absolute atomic E-state index is 11.6. The van der Waals surface area contributed by atoms with E-state index in [4.69, 9.17) is 4.74 Å². The van der Waals surface area contributed by atoms with Crippen LogP contribution in [0.25, 0.3) is 22.0 Å². The summed E-state index contributed by atoms with van der Waals surface area (Å²) in [7, 11) is 0. The molecule has 0 spiro atoms. The number of hydrogen-bond donors (Lipinski definition) is 1. The maximum Gasteiger partial charge on any atom is 0.356 e. The summed E-state index contributed by atoms with van der Waals surface area (Å²) in [6, 6.07) is 13.9. The van der Waals surface area contributed by atoms with Crippen LogP contribution in [0.1, 0.15) is 17.4 Å². The van der Waals surface area contributed by atoms with Gasteiger partial charge in [0.1, 0.15) is 5.69 Å². The molecule has 3 aromatic rings. The summed E-state index contributed by atoms with van der Waals surface area (Å²) in [6.45, 7) is 2.12. The zero-order valence-corrected chi connectivity index (χ0v) is 13.0. The van der Waals surface area contributed by atoms with Crippen molar-refractivity contribution >= 4 is 32.7 Å². The normalized spacial score (nSPS) is 10.8. The lowest BCUT2D eigenvalue weighted by molar-refractivity contribution is 0.0519. The number of aromatic nitrogens is 2. The van der Waals surface area contributed by atoms with Crippen LogP contribution in [0.5, 0.6) is 0 Å². The van der Waals surface area contributed by atoms with Gasteiger partial charge in [-0.3, -0.25) is 5.10 Å². The van der Waals surface area contributed by atoms with Gasteiger partial charge in [0.15, 0.2) is 0 Å². The van der Waals surface area contributed by atoms with Gasteiger partial charge < -0.3 is 4.74 Å². The molecular weight excluding hydrogens is 332 g/mol. The number of aromatic amines is 1. The van der Waals surface area contributed by atoms with E-state index in [-0.39, 0.29) is 5.97 Å². The molecule has 2 aromatic carbocycles. The van der Waals surface area contributed by atoms with E-state index in [9.17, 15) is 4.79 Å². The predicted molar refractivity (Wildman–Crippen MR) is 85.2 cm³/mol. The fourth-order valence-corrected chi connectivity index (χ4v) is 2.54. The van der Waals surface area contributed by atoms with Gasteiger partial charge in [0, 0.05) is 10.0 Å². The Morgan fingerprint density at radius 2 is 1.95 bits per heavy atom. The topological polar surface area (TPSA) is 55.0 Å². The van der Waals surface area contributed by atoms with Crippen molar-refractivity contribution in [3.8, 4) is 11.3 Å². The summed E-state index contributed by atoms with van der Waals surface area (Å²) in [5.74, 6) is -0.388. The summed E-state index contributed by atoms with van der Waals surface area (Å²) in [4.78, 5) is 11.6. The van der Waals surface area contributed by atoms with Crippen molar-refractivity contribution in [3.63, 3.8) is 0 Å². The Morgan fingerprint density at radius 3 is 2.76 bits per heavy atom. The van der Waals surface area contributed by atoms with Crippen LogP contribution in [0.15, 0.2) is 46.9 Å². The minimum absolute atomic E-state index is 0.345. The quantitative estimate of drug-likeness (QED) is 0.725. The van der Waals surface area contributed by atoms with E-state index in [0.29, 0.717) is 12.3 Å². The van der Waals surface area contributed by atoms with E-state index < -0.39 is 0 Å². The third-order valence-electron chi connectivity index (χ3n) is 3.17. The third kappa shape index (κ3) is 2.83. The molecule has 0 amide bonds. The lowest BCUT2D eigenvalue weighted by Crippen LogP contribution is -2.04. The number of benzene rings is 2. The predicted octanol–water partition coefficient (Wildman–Crippen LogP) is 4.17. The minimum atomic E-state index is -0.388. The summed E-state index contributed by atoms with van der Waals surface area (Å²) in [5.41, 5.74) is 2.04. The molecule has 1 aromatic heterocycles. The maximum atomic E-state index is 11.6. The van der Waals surface area contributed by atoms with Crippen LogP contribution >= 0.6 is 15.9 Å². The minimum Gasteiger partial charge on any atom is -0.461 e. The van der Waals surface area contributed by atoms with Gasteiger partial charge in [-0.05, 0) is 42.0 Å². The molecule has 0 aliphatic carbocycles. The SMILES string of the molecule is CCOC(=O)c1cc(-c2ccc3cc(Br)ccc3c2)n[nH]1. The molecule has 0 atom stereocenters. The highest BCUT2D eigenvalue weighted by atomic mass is 79.9. The number of esters is 1. The fourth-order valence-electron chi connectivity index (χ4n) is 2.16. The smallest absolute Gasteiger partial charge is 0.356 e. The number of rotatable bonds is 3. The number of halogens is 1. The second-order valence-electron chi connectivity index (χ2n) is 4.59. The molecule has 0 radical (unpaired) electrons. The Hall–Kier alpha value is -2.14. The Kier molecular flexibility index (Phi) is 3.75. The van der Waals surface area contributed by atoms with E-state index in [1.54, 1.807) is 13.0 Å². The first-order chi connectivity index (χ1) is 10.2. The van der Waals surface area contributed by atoms with Crippen molar-refractivity contribution in [2.75, 3.05) is 6.61 Å². The average molecular weight is 345 g/mol. The Bertz CT molecular complexity index is 811. The van der Waals surface area contributed by atoms with Crippen LogP contribution in [0, 0.1) is 0 Å². The Labute approximate surface area is 130 Å². The van der Waals surface area contributed by atoms with Crippen molar-refractivity contribution < 1.29 is 9.53 Å². The number of ether oxygens (including phenoxy) is 1. The molecule has 4 nitrogen and oxygen atoms in total. The molecular formula is C16H13BrN2O2. The highest BCUT2D eigenvalue weighted by Crippen LogP contribution is 2.25. The van der Waals surface area contributed by atoms with Gasteiger partial charge in [-0.25, -0.2) is 4.79 Å². The van der Waals surface area contributed by atoms with Crippen molar-refractivity contribution in [1.82, 2.24) is 10.2 Å². The van der Waals surface area contributed by atoms with E-state index in [1.165, 1.54) is 0 Å². The number of carbonyl (C=O) groups excluding carboxylic acids is 1. The van der Waals surface area contributed by atoms with Gasteiger partial charge in [-0.2, -0.15) is 5.10 Å². The number of nitrogens with one attached hydrogen (secondary N) is 1. The van der Waals surface area contributed by atoms with E-state index in [1.807, 2.05) is 30.3 Å². The molecule has 5 heteroatoms. The molecule has 1 N–H and O–H groups in total.